The first-order valence-corrected chi connectivity index (χ1v) is 5.53. The lowest BCUT2D eigenvalue weighted by molar-refractivity contribution is -0.274. The van der Waals surface area contributed by atoms with Gasteiger partial charge in [0.05, 0.1) is 5.60 Å². The van der Waals surface area contributed by atoms with Gasteiger partial charge in [-0.05, 0) is 24.6 Å². The van der Waals surface area contributed by atoms with Gasteiger partial charge in [-0.3, -0.25) is 4.90 Å². The monoisotopic (exact) mass is 261 g/mol. The Morgan fingerprint density at radius 1 is 1.28 bits per heavy atom. The van der Waals surface area contributed by atoms with E-state index in [-0.39, 0.29) is 5.75 Å². The highest BCUT2D eigenvalue weighted by molar-refractivity contribution is 5.27. The summed E-state index contributed by atoms with van der Waals surface area (Å²) in [5, 5.41) is 9.55. The van der Waals surface area contributed by atoms with E-state index in [0.717, 1.165) is 5.56 Å². The van der Waals surface area contributed by atoms with Crippen molar-refractivity contribution in [3.05, 3.63) is 29.8 Å². The predicted molar refractivity (Wildman–Crippen MR) is 59.0 cm³/mol. The quantitative estimate of drug-likeness (QED) is 0.905. The molecular formula is C12H14F3NO2. The maximum atomic E-state index is 11.9. The summed E-state index contributed by atoms with van der Waals surface area (Å²) in [5.41, 5.74) is 0.249. The Labute approximate surface area is 103 Å². The molecule has 1 heterocycles. The van der Waals surface area contributed by atoms with Crippen LogP contribution in [0.4, 0.5) is 13.2 Å². The number of ether oxygens (including phenoxy) is 1. The summed E-state index contributed by atoms with van der Waals surface area (Å²) in [6, 6.07) is 5.77. The Kier molecular flexibility index (Phi) is 3.25. The summed E-state index contributed by atoms with van der Waals surface area (Å²) in [6.45, 7) is 3.52. The van der Waals surface area contributed by atoms with E-state index in [4.69, 9.17) is 0 Å². The van der Waals surface area contributed by atoms with E-state index in [0.29, 0.717) is 19.6 Å². The third kappa shape index (κ3) is 3.61. The molecule has 1 aromatic rings. The van der Waals surface area contributed by atoms with Gasteiger partial charge in [0.1, 0.15) is 5.75 Å². The fourth-order valence-corrected chi connectivity index (χ4v) is 2.08. The average molecular weight is 261 g/mol. The van der Waals surface area contributed by atoms with Gasteiger partial charge in [-0.1, -0.05) is 12.1 Å². The second-order valence-electron chi connectivity index (χ2n) is 4.83. The average Bonchev–Trinajstić information content (AvgIpc) is 2.16. The van der Waals surface area contributed by atoms with Gasteiger partial charge in [0.25, 0.3) is 0 Å². The van der Waals surface area contributed by atoms with Gasteiger partial charge in [-0.15, -0.1) is 13.2 Å². The zero-order chi connectivity index (χ0) is 13.4. The van der Waals surface area contributed by atoms with Crippen molar-refractivity contribution in [3.8, 4) is 5.75 Å². The molecule has 6 heteroatoms. The Bertz CT molecular complexity index is 406. The van der Waals surface area contributed by atoms with Crippen LogP contribution in [0.15, 0.2) is 24.3 Å². The maximum Gasteiger partial charge on any atom is 0.573 e. The van der Waals surface area contributed by atoms with E-state index < -0.39 is 12.0 Å². The van der Waals surface area contributed by atoms with Gasteiger partial charge in [0.2, 0.25) is 0 Å². The largest absolute Gasteiger partial charge is 0.573 e. The summed E-state index contributed by atoms with van der Waals surface area (Å²) in [5.74, 6) is -0.221. The van der Waals surface area contributed by atoms with Crippen molar-refractivity contribution >= 4 is 0 Å². The minimum atomic E-state index is -4.66. The van der Waals surface area contributed by atoms with E-state index in [1.165, 1.54) is 12.1 Å². The maximum absolute atomic E-state index is 11.9. The number of likely N-dealkylation sites (tertiary alicyclic amines) is 1. The Morgan fingerprint density at radius 2 is 1.83 bits per heavy atom. The number of β-amino-alcohol motifs (C(OH)–C–C–N with tert-alkyl or cyclic N) is 1. The SMILES string of the molecule is CC1(O)CN(Cc2ccc(OC(F)(F)F)cc2)C1. The Hall–Kier alpha value is -1.27. The minimum Gasteiger partial charge on any atom is -0.406 e. The number of hydrogen-bond donors (Lipinski definition) is 1. The molecule has 1 saturated heterocycles. The molecule has 1 fully saturated rings. The zero-order valence-corrected chi connectivity index (χ0v) is 9.87. The number of rotatable bonds is 3. The van der Waals surface area contributed by atoms with E-state index in [9.17, 15) is 18.3 Å². The van der Waals surface area contributed by atoms with E-state index in [1.807, 2.05) is 4.90 Å². The molecule has 2 rings (SSSR count). The normalized spacial score (nSPS) is 19.4. The topological polar surface area (TPSA) is 32.7 Å². The van der Waals surface area contributed by atoms with Crippen LogP contribution < -0.4 is 4.74 Å². The molecule has 0 bridgehead atoms. The molecule has 0 aromatic heterocycles. The fourth-order valence-electron chi connectivity index (χ4n) is 2.08. The third-order valence-corrected chi connectivity index (χ3v) is 2.69. The number of aliphatic hydroxyl groups is 1. The molecule has 1 aliphatic rings. The predicted octanol–water partition coefficient (Wildman–Crippen LogP) is 2.15. The van der Waals surface area contributed by atoms with Crippen LogP contribution in [0.3, 0.4) is 0 Å². The van der Waals surface area contributed by atoms with Crippen molar-refractivity contribution in [2.24, 2.45) is 0 Å². The van der Waals surface area contributed by atoms with Crippen LogP contribution in [0.25, 0.3) is 0 Å². The molecule has 0 unspecified atom stereocenters. The number of halogens is 3. The third-order valence-electron chi connectivity index (χ3n) is 2.69. The van der Waals surface area contributed by atoms with Crippen LogP contribution >= 0.6 is 0 Å². The highest BCUT2D eigenvalue weighted by atomic mass is 19.4. The zero-order valence-electron chi connectivity index (χ0n) is 9.87. The summed E-state index contributed by atoms with van der Waals surface area (Å²) in [4.78, 5) is 2.01. The number of alkyl halides is 3. The van der Waals surface area contributed by atoms with Crippen LogP contribution in [-0.4, -0.2) is 35.1 Å². The Morgan fingerprint density at radius 3 is 2.28 bits per heavy atom. The van der Waals surface area contributed by atoms with Gasteiger partial charge in [0.15, 0.2) is 0 Å². The van der Waals surface area contributed by atoms with Crippen molar-refractivity contribution in [1.29, 1.82) is 0 Å². The lowest BCUT2D eigenvalue weighted by Gasteiger charge is -2.44. The molecular weight excluding hydrogens is 247 g/mol. The molecule has 1 N–H and O–H groups in total. The van der Waals surface area contributed by atoms with Gasteiger partial charge in [0, 0.05) is 19.6 Å². The van der Waals surface area contributed by atoms with Crippen molar-refractivity contribution in [3.63, 3.8) is 0 Å². The lowest BCUT2D eigenvalue weighted by Crippen LogP contribution is -2.59. The van der Waals surface area contributed by atoms with E-state index in [2.05, 4.69) is 4.74 Å². The molecule has 18 heavy (non-hydrogen) atoms. The first kappa shape index (κ1) is 13.2. The summed E-state index contributed by atoms with van der Waals surface area (Å²) < 4.78 is 39.6. The van der Waals surface area contributed by atoms with Gasteiger partial charge in [-0.2, -0.15) is 0 Å². The van der Waals surface area contributed by atoms with Crippen molar-refractivity contribution < 1.29 is 23.0 Å². The van der Waals surface area contributed by atoms with Crippen molar-refractivity contribution in [2.45, 2.75) is 25.4 Å². The van der Waals surface area contributed by atoms with Gasteiger partial charge >= 0.3 is 6.36 Å². The highest BCUT2D eigenvalue weighted by Gasteiger charge is 2.36. The van der Waals surface area contributed by atoms with Crippen LogP contribution in [0, 0.1) is 0 Å². The second kappa shape index (κ2) is 4.44. The number of hydrogen-bond acceptors (Lipinski definition) is 3. The molecule has 0 saturated carbocycles. The van der Waals surface area contributed by atoms with Crippen LogP contribution in [0.2, 0.25) is 0 Å². The molecule has 100 valence electrons. The summed E-state index contributed by atoms with van der Waals surface area (Å²) in [6.07, 6.45) is -4.66. The molecule has 1 aromatic carbocycles. The molecule has 0 amide bonds. The molecule has 0 aliphatic carbocycles. The first-order chi connectivity index (χ1) is 8.23. The molecule has 3 nitrogen and oxygen atoms in total. The molecule has 0 spiro atoms. The molecule has 1 aliphatic heterocycles. The molecule has 0 atom stereocenters. The van der Waals surface area contributed by atoms with Crippen molar-refractivity contribution in [2.75, 3.05) is 13.1 Å². The minimum absolute atomic E-state index is 0.221. The second-order valence-corrected chi connectivity index (χ2v) is 4.83. The number of nitrogens with zero attached hydrogens (tertiary/aromatic N) is 1. The highest BCUT2D eigenvalue weighted by Crippen LogP contribution is 2.25. The summed E-state index contributed by atoms with van der Waals surface area (Å²) in [7, 11) is 0. The standard InChI is InChI=1S/C12H14F3NO2/c1-11(17)7-16(8-11)6-9-2-4-10(5-3-9)18-12(13,14)15/h2-5,17H,6-8H2,1H3. The van der Waals surface area contributed by atoms with E-state index >= 15 is 0 Å². The van der Waals surface area contributed by atoms with E-state index in [1.54, 1.807) is 19.1 Å². The summed E-state index contributed by atoms with van der Waals surface area (Å²) >= 11 is 0. The smallest absolute Gasteiger partial charge is 0.406 e. The van der Waals surface area contributed by atoms with Crippen LogP contribution in [0.1, 0.15) is 12.5 Å². The van der Waals surface area contributed by atoms with Crippen LogP contribution in [-0.2, 0) is 6.54 Å². The van der Waals surface area contributed by atoms with Crippen LogP contribution in [0.5, 0.6) is 5.75 Å². The Balaban J connectivity index is 1.89. The number of benzene rings is 1. The van der Waals surface area contributed by atoms with Gasteiger partial charge in [-0.25, -0.2) is 0 Å². The first-order valence-electron chi connectivity index (χ1n) is 5.53. The fraction of sp³-hybridized carbons (Fsp3) is 0.500. The molecule has 0 radical (unpaired) electrons. The van der Waals surface area contributed by atoms with Crippen molar-refractivity contribution in [1.82, 2.24) is 4.90 Å². The lowest BCUT2D eigenvalue weighted by atomic mass is 9.96. The van der Waals surface area contributed by atoms with Gasteiger partial charge < -0.3 is 9.84 Å².